The van der Waals surface area contributed by atoms with Crippen LogP contribution in [0.1, 0.15) is 21.4 Å². The maximum Gasteiger partial charge on any atom is 0.149 e. The number of aliphatic hydroxyl groups excluding tert-OH is 1. The SMILES string of the molecule is C#CC(O)c1cc2c(s1)CCSC2. The van der Waals surface area contributed by atoms with Gasteiger partial charge in [-0.2, -0.15) is 11.8 Å². The van der Waals surface area contributed by atoms with Crippen LogP contribution in [0.15, 0.2) is 6.07 Å². The molecule has 1 nitrogen and oxygen atoms in total. The summed E-state index contributed by atoms with van der Waals surface area (Å²) in [5.74, 6) is 4.62. The number of hydrogen-bond acceptors (Lipinski definition) is 3. The summed E-state index contributed by atoms with van der Waals surface area (Å²) >= 11 is 3.61. The summed E-state index contributed by atoms with van der Waals surface area (Å²) in [6.07, 6.45) is 5.58. The number of rotatable bonds is 1. The van der Waals surface area contributed by atoms with Crippen LogP contribution in [0.4, 0.5) is 0 Å². The topological polar surface area (TPSA) is 20.2 Å². The second kappa shape index (κ2) is 3.75. The molecular weight excluding hydrogens is 200 g/mol. The highest BCUT2D eigenvalue weighted by atomic mass is 32.2. The molecule has 0 spiro atoms. The van der Waals surface area contributed by atoms with E-state index in [1.54, 1.807) is 11.3 Å². The smallest absolute Gasteiger partial charge is 0.149 e. The van der Waals surface area contributed by atoms with Gasteiger partial charge in [0, 0.05) is 15.5 Å². The Labute approximate surface area is 86.2 Å². The molecule has 0 bridgehead atoms. The molecule has 13 heavy (non-hydrogen) atoms. The fourth-order valence-corrected chi connectivity index (χ4v) is 3.71. The third kappa shape index (κ3) is 1.76. The van der Waals surface area contributed by atoms with E-state index in [1.807, 2.05) is 11.8 Å². The largest absolute Gasteiger partial charge is 0.375 e. The van der Waals surface area contributed by atoms with Crippen molar-refractivity contribution < 1.29 is 5.11 Å². The number of thioether (sulfide) groups is 1. The predicted octanol–water partition coefficient (Wildman–Crippen LogP) is 2.20. The Morgan fingerprint density at radius 1 is 1.62 bits per heavy atom. The lowest BCUT2D eigenvalue weighted by atomic mass is 10.2. The highest BCUT2D eigenvalue weighted by Crippen LogP contribution is 2.34. The summed E-state index contributed by atoms with van der Waals surface area (Å²) in [5.41, 5.74) is 1.37. The van der Waals surface area contributed by atoms with Gasteiger partial charge in [-0.05, 0) is 23.8 Å². The molecule has 1 N–H and O–H groups in total. The summed E-state index contributed by atoms with van der Waals surface area (Å²) in [5, 5.41) is 9.45. The van der Waals surface area contributed by atoms with Crippen LogP contribution < -0.4 is 0 Å². The van der Waals surface area contributed by atoms with Crippen molar-refractivity contribution in [2.45, 2.75) is 18.3 Å². The van der Waals surface area contributed by atoms with Crippen LogP contribution in [-0.2, 0) is 12.2 Å². The monoisotopic (exact) mass is 210 g/mol. The summed E-state index contributed by atoms with van der Waals surface area (Å²) in [7, 11) is 0. The van der Waals surface area contributed by atoms with Gasteiger partial charge in [0.1, 0.15) is 6.10 Å². The minimum absolute atomic E-state index is 0.708. The van der Waals surface area contributed by atoms with Gasteiger partial charge in [0.15, 0.2) is 0 Å². The van der Waals surface area contributed by atoms with Gasteiger partial charge in [-0.25, -0.2) is 0 Å². The van der Waals surface area contributed by atoms with Gasteiger partial charge in [-0.15, -0.1) is 17.8 Å². The molecule has 68 valence electrons. The van der Waals surface area contributed by atoms with E-state index < -0.39 is 6.10 Å². The second-order valence-electron chi connectivity index (χ2n) is 2.97. The standard InChI is InChI=1S/C10H10OS2/c1-2-8(11)10-5-7-6-12-4-3-9(7)13-10/h1,5,8,11H,3-4,6H2. The van der Waals surface area contributed by atoms with Crippen LogP contribution in [0, 0.1) is 12.3 Å². The van der Waals surface area contributed by atoms with E-state index in [0.29, 0.717) is 0 Å². The molecule has 3 heteroatoms. The van der Waals surface area contributed by atoms with Crippen LogP contribution in [0.25, 0.3) is 0 Å². The Bertz CT molecular complexity index is 325. The number of aryl methyl sites for hydroxylation is 1. The van der Waals surface area contributed by atoms with E-state index in [2.05, 4.69) is 12.0 Å². The van der Waals surface area contributed by atoms with Crippen LogP contribution in [0.2, 0.25) is 0 Å². The van der Waals surface area contributed by atoms with Gasteiger partial charge < -0.3 is 5.11 Å². The lowest BCUT2D eigenvalue weighted by Gasteiger charge is -2.08. The fraction of sp³-hybridized carbons (Fsp3) is 0.400. The highest BCUT2D eigenvalue weighted by molar-refractivity contribution is 7.98. The molecule has 1 aromatic heterocycles. The van der Waals surface area contributed by atoms with Gasteiger partial charge in [0.05, 0.1) is 0 Å². The van der Waals surface area contributed by atoms with Crippen molar-refractivity contribution in [1.82, 2.24) is 0 Å². The molecule has 2 heterocycles. The highest BCUT2D eigenvalue weighted by Gasteiger charge is 2.16. The van der Waals surface area contributed by atoms with Crippen LogP contribution in [-0.4, -0.2) is 10.9 Å². The molecule has 1 aromatic rings. The first-order chi connectivity index (χ1) is 6.31. The molecule has 0 saturated carbocycles. The first-order valence-corrected chi connectivity index (χ1v) is 6.12. The minimum atomic E-state index is -0.708. The Balaban J connectivity index is 2.31. The van der Waals surface area contributed by atoms with E-state index in [0.717, 1.165) is 17.1 Å². The molecule has 0 radical (unpaired) electrons. The van der Waals surface area contributed by atoms with E-state index in [1.165, 1.54) is 16.2 Å². The molecular formula is C10H10OS2. The summed E-state index contributed by atoms with van der Waals surface area (Å²) in [6.45, 7) is 0. The van der Waals surface area contributed by atoms with Crippen LogP contribution in [0.3, 0.4) is 0 Å². The van der Waals surface area contributed by atoms with E-state index in [4.69, 9.17) is 6.42 Å². The van der Waals surface area contributed by atoms with Gasteiger partial charge in [-0.3, -0.25) is 0 Å². The molecule has 0 amide bonds. The summed E-state index contributed by atoms with van der Waals surface area (Å²) in [4.78, 5) is 2.33. The summed E-state index contributed by atoms with van der Waals surface area (Å²) in [6, 6.07) is 2.05. The Kier molecular flexibility index (Phi) is 2.63. The van der Waals surface area contributed by atoms with Crippen molar-refractivity contribution in [2.75, 3.05) is 5.75 Å². The normalized spacial score (nSPS) is 17.5. The number of fused-ring (bicyclic) bond motifs is 1. The van der Waals surface area contributed by atoms with Gasteiger partial charge in [0.25, 0.3) is 0 Å². The predicted molar refractivity (Wildman–Crippen MR) is 58.0 cm³/mol. The van der Waals surface area contributed by atoms with Crippen LogP contribution >= 0.6 is 23.1 Å². The van der Waals surface area contributed by atoms with Gasteiger partial charge in [-0.1, -0.05) is 5.92 Å². The lowest BCUT2D eigenvalue weighted by molar-refractivity contribution is 0.242. The Hall–Kier alpha value is -0.430. The number of thiophene rings is 1. The Morgan fingerprint density at radius 2 is 2.46 bits per heavy atom. The molecule has 0 aliphatic carbocycles. The lowest BCUT2D eigenvalue weighted by Crippen LogP contribution is -1.96. The zero-order valence-electron chi connectivity index (χ0n) is 7.12. The molecule has 1 atom stereocenters. The summed E-state index contributed by atoms with van der Waals surface area (Å²) < 4.78 is 0. The quantitative estimate of drug-likeness (QED) is 0.717. The molecule has 2 rings (SSSR count). The molecule has 0 aromatic carbocycles. The van der Waals surface area contributed by atoms with E-state index >= 15 is 0 Å². The van der Waals surface area contributed by atoms with E-state index in [9.17, 15) is 5.11 Å². The van der Waals surface area contributed by atoms with Crippen molar-refractivity contribution >= 4 is 23.1 Å². The zero-order chi connectivity index (χ0) is 9.26. The van der Waals surface area contributed by atoms with Crippen LogP contribution in [0.5, 0.6) is 0 Å². The average molecular weight is 210 g/mol. The van der Waals surface area contributed by atoms with Crippen molar-refractivity contribution in [3.05, 3.63) is 21.4 Å². The minimum Gasteiger partial charge on any atom is -0.375 e. The number of aliphatic hydroxyl groups is 1. The Morgan fingerprint density at radius 3 is 3.15 bits per heavy atom. The molecule has 1 aliphatic heterocycles. The molecule has 1 aliphatic rings. The first-order valence-electron chi connectivity index (χ1n) is 4.14. The third-order valence-electron chi connectivity index (χ3n) is 2.07. The van der Waals surface area contributed by atoms with Crippen molar-refractivity contribution in [3.63, 3.8) is 0 Å². The molecule has 0 fully saturated rings. The second-order valence-corrected chi connectivity index (χ2v) is 5.24. The third-order valence-corrected chi connectivity index (χ3v) is 4.37. The molecule has 1 unspecified atom stereocenters. The number of terminal acetylenes is 1. The van der Waals surface area contributed by atoms with Crippen molar-refractivity contribution in [3.8, 4) is 12.3 Å². The molecule has 0 saturated heterocycles. The van der Waals surface area contributed by atoms with Crippen molar-refractivity contribution in [1.29, 1.82) is 0 Å². The van der Waals surface area contributed by atoms with Gasteiger partial charge in [0.2, 0.25) is 0 Å². The fourth-order valence-electron chi connectivity index (χ4n) is 1.39. The number of hydrogen-bond donors (Lipinski definition) is 1. The van der Waals surface area contributed by atoms with Crippen molar-refractivity contribution in [2.24, 2.45) is 0 Å². The van der Waals surface area contributed by atoms with E-state index in [-0.39, 0.29) is 0 Å². The van der Waals surface area contributed by atoms with Gasteiger partial charge >= 0.3 is 0 Å². The average Bonchev–Trinajstić information content (AvgIpc) is 2.59. The maximum absolute atomic E-state index is 9.45. The first kappa shape index (κ1) is 9.14. The zero-order valence-corrected chi connectivity index (χ0v) is 8.75. The maximum atomic E-state index is 9.45.